The van der Waals surface area contributed by atoms with Crippen molar-refractivity contribution in [1.82, 2.24) is 16.0 Å². The average molecular weight is 934 g/mol. The van der Waals surface area contributed by atoms with E-state index in [2.05, 4.69) is 16.0 Å². The normalized spacial score (nSPS) is 12.7. The van der Waals surface area contributed by atoms with E-state index in [1.807, 2.05) is 97.1 Å². The van der Waals surface area contributed by atoms with Gasteiger partial charge in [-0.3, -0.25) is 25.0 Å². The maximum Gasteiger partial charge on any atom is 0.407 e. The second kappa shape index (κ2) is 23.7. The maximum absolute atomic E-state index is 13.4. The van der Waals surface area contributed by atoms with Crippen LogP contribution in [0.3, 0.4) is 0 Å². The summed E-state index contributed by atoms with van der Waals surface area (Å²) in [6.07, 6.45) is -1.35. The molecule has 0 spiro atoms. The topological polar surface area (TPSA) is 238 Å². The average Bonchev–Trinajstić information content (AvgIpc) is 3.85. The molecule has 1 atom stereocenters. The Kier molecular flexibility index (Phi) is 16.9. The molecule has 0 heterocycles. The molecule has 2 aliphatic rings. The molecule has 0 radical (unpaired) electrons. The Morgan fingerprint density at radius 3 is 1.51 bits per heavy atom. The number of hydrogen-bond acceptors (Lipinski definition) is 14. The lowest BCUT2D eigenvalue weighted by Gasteiger charge is -2.21. The fourth-order valence-electron chi connectivity index (χ4n) is 8.20. The summed E-state index contributed by atoms with van der Waals surface area (Å²) in [4.78, 5) is 61.3. The first-order valence-electron chi connectivity index (χ1n) is 22.0. The first kappa shape index (κ1) is 48.3. The first-order chi connectivity index (χ1) is 33.1. The third-order valence-corrected chi connectivity index (χ3v) is 11.4. The largest absolute Gasteiger partial charge is 0.487 e. The number of carbonyl (C=O) groups is 3. The molecule has 0 aromatic heterocycles. The molecule has 2 aliphatic carbocycles. The van der Waals surface area contributed by atoms with Gasteiger partial charge in [0.05, 0.1) is 61.1 Å². The van der Waals surface area contributed by atoms with E-state index in [0.29, 0.717) is 13.2 Å². The molecule has 7 rings (SSSR count). The van der Waals surface area contributed by atoms with Crippen molar-refractivity contribution in [3.63, 3.8) is 0 Å². The van der Waals surface area contributed by atoms with E-state index in [4.69, 9.17) is 33.2 Å². The van der Waals surface area contributed by atoms with Crippen LogP contribution in [0.25, 0.3) is 22.3 Å². The number of benzene rings is 5. The highest BCUT2D eigenvalue weighted by Crippen LogP contribution is 2.46. The molecule has 68 heavy (non-hydrogen) atoms. The number of carbonyl (C=O) groups excluding carboxylic acids is 3. The Labute approximate surface area is 391 Å². The highest BCUT2D eigenvalue weighted by molar-refractivity contribution is 5.80. The van der Waals surface area contributed by atoms with Gasteiger partial charge in [0, 0.05) is 32.0 Å². The lowest BCUT2D eigenvalue weighted by molar-refractivity contribution is -0.422. The van der Waals surface area contributed by atoms with Gasteiger partial charge in [-0.15, -0.1) is 0 Å². The van der Waals surface area contributed by atoms with E-state index < -0.39 is 52.0 Å². The van der Waals surface area contributed by atoms with Gasteiger partial charge in [-0.25, -0.2) is 9.59 Å². The number of rotatable bonds is 25. The molecule has 356 valence electrons. The summed E-state index contributed by atoms with van der Waals surface area (Å²) in [6.45, 7) is 0.588. The van der Waals surface area contributed by atoms with Crippen LogP contribution in [0.2, 0.25) is 0 Å². The molecular formula is C49H51N5O14. The molecule has 5 aromatic carbocycles. The zero-order valence-corrected chi connectivity index (χ0v) is 37.2. The number of alkyl carbamates (subject to hydrolysis) is 2. The van der Waals surface area contributed by atoms with Gasteiger partial charge in [-0.05, 0) is 50.9 Å². The molecule has 0 aliphatic heterocycles. The number of hydrogen-bond donors (Lipinski definition) is 3. The minimum absolute atomic E-state index is 0.0286. The number of amides is 3. The monoisotopic (exact) mass is 933 g/mol. The van der Waals surface area contributed by atoms with Crippen LogP contribution < -0.4 is 25.4 Å². The molecule has 3 amide bonds. The zero-order chi connectivity index (χ0) is 47.8. The quantitative estimate of drug-likeness (QED) is 0.0307. The number of nitro benzene ring substituents is 2. The second-order valence-electron chi connectivity index (χ2n) is 15.7. The Bertz CT molecular complexity index is 2500. The Morgan fingerprint density at radius 2 is 1.03 bits per heavy atom. The summed E-state index contributed by atoms with van der Waals surface area (Å²) in [7, 11) is 1.55. The Hall–Kier alpha value is -7.61. The smallest absolute Gasteiger partial charge is 0.407 e. The van der Waals surface area contributed by atoms with Crippen LogP contribution in [0.1, 0.15) is 40.5 Å². The van der Waals surface area contributed by atoms with Crippen molar-refractivity contribution in [3.8, 4) is 33.8 Å². The second-order valence-corrected chi connectivity index (χ2v) is 15.7. The van der Waals surface area contributed by atoms with Crippen molar-refractivity contribution in [2.24, 2.45) is 0 Å². The third-order valence-electron chi connectivity index (χ3n) is 11.4. The molecule has 0 bridgehead atoms. The van der Waals surface area contributed by atoms with Crippen molar-refractivity contribution < 1.29 is 57.4 Å². The Morgan fingerprint density at radius 1 is 0.588 bits per heavy atom. The lowest BCUT2D eigenvalue weighted by atomic mass is 9.98. The summed E-state index contributed by atoms with van der Waals surface area (Å²) in [6, 6.07) is 32.7. The van der Waals surface area contributed by atoms with E-state index in [1.54, 1.807) is 7.11 Å². The van der Waals surface area contributed by atoms with Crippen molar-refractivity contribution >= 4 is 29.5 Å². The van der Waals surface area contributed by atoms with Gasteiger partial charge in [0.2, 0.25) is 0 Å². The van der Waals surface area contributed by atoms with E-state index >= 15 is 0 Å². The van der Waals surface area contributed by atoms with Crippen LogP contribution in [0.15, 0.2) is 109 Å². The minimum atomic E-state index is -0.943. The van der Waals surface area contributed by atoms with E-state index in [9.17, 15) is 34.6 Å². The van der Waals surface area contributed by atoms with Crippen LogP contribution in [-0.4, -0.2) is 114 Å². The molecule has 0 saturated carbocycles. The molecular weight excluding hydrogens is 883 g/mol. The fourth-order valence-corrected chi connectivity index (χ4v) is 8.20. The minimum Gasteiger partial charge on any atom is -0.487 e. The fraction of sp³-hybridized carbons (Fsp3) is 0.327. The molecule has 0 saturated heterocycles. The Balaban J connectivity index is 0.954. The maximum atomic E-state index is 13.4. The molecule has 1 unspecified atom stereocenters. The van der Waals surface area contributed by atoms with Gasteiger partial charge < -0.3 is 49.1 Å². The van der Waals surface area contributed by atoms with Crippen molar-refractivity contribution in [1.29, 1.82) is 0 Å². The van der Waals surface area contributed by atoms with Crippen molar-refractivity contribution in [3.05, 3.63) is 152 Å². The number of nitrogens with one attached hydrogen (secondary N) is 3. The van der Waals surface area contributed by atoms with Crippen LogP contribution >= 0.6 is 0 Å². The van der Waals surface area contributed by atoms with Crippen molar-refractivity contribution in [2.75, 3.05) is 79.7 Å². The SMILES string of the molecule is COCCOCCOCCOc1cc([N+](=O)[O-])c([N+](=O)[O-])cc1OCC(=O)NCCC(CNC(=O)OCC1c2ccccc2-c2ccccc21)NC(=O)OCC1c2ccccc2-c2ccccc21. The summed E-state index contributed by atoms with van der Waals surface area (Å²) in [5.74, 6) is -1.55. The van der Waals surface area contributed by atoms with Crippen LogP contribution in [0, 0.1) is 20.2 Å². The van der Waals surface area contributed by atoms with Gasteiger partial charge in [0.25, 0.3) is 5.91 Å². The number of ether oxygens (including phenoxy) is 7. The predicted octanol–water partition coefficient (Wildman–Crippen LogP) is 6.89. The van der Waals surface area contributed by atoms with E-state index in [0.717, 1.165) is 56.6 Å². The zero-order valence-electron chi connectivity index (χ0n) is 37.2. The molecule has 19 nitrogen and oxygen atoms in total. The summed E-state index contributed by atoms with van der Waals surface area (Å²) < 4.78 is 38.4. The van der Waals surface area contributed by atoms with Gasteiger partial charge in [-0.2, -0.15) is 0 Å². The van der Waals surface area contributed by atoms with Crippen LogP contribution in [0.4, 0.5) is 21.0 Å². The number of nitro groups is 2. The van der Waals surface area contributed by atoms with Gasteiger partial charge in [0.1, 0.15) is 19.8 Å². The molecule has 0 fully saturated rings. The highest BCUT2D eigenvalue weighted by atomic mass is 16.6. The summed E-state index contributed by atoms with van der Waals surface area (Å²) >= 11 is 0. The molecule has 3 N–H and O–H groups in total. The molecule has 19 heteroatoms. The van der Waals surface area contributed by atoms with Gasteiger partial charge >= 0.3 is 23.6 Å². The van der Waals surface area contributed by atoms with Crippen LogP contribution in [0.5, 0.6) is 11.5 Å². The van der Waals surface area contributed by atoms with E-state index in [-0.39, 0.29) is 82.5 Å². The molecule has 5 aromatic rings. The van der Waals surface area contributed by atoms with Crippen molar-refractivity contribution in [2.45, 2.75) is 24.3 Å². The summed E-state index contributed by atoms with van der Waals surface area (Å²) in [5.41, 5.74) is 6.76. The van der Waals surface area contributed by atoms with Crippen LogP contribution in [-0.2, 0) is 28.5 Å². The van der Waals surface area contributed by atoms with Gasteiger partial charge in [0.15, 0.2) is 18.1 Å². The van der Waals surface area contributed by atoms with E-state index in [1.165, 1.54) is 0 Å². The third kappa shape index (κ3) is 12.2. The predicted molar refractivity (Wildman–Crippen MR) is 247 cm³/mol. The van der Waals surface area contributed by atoms with Gasteiger partial charge in [-0.1, -0.05) is 97.1 Å². The highest BCUT2D eigenvalue weighted by Gasteiger charge is 2.32. The number of nitrogens with zero attached hydrogens (tertiary/aromatic N) is 2. The number of methoxy groups -OCH3 is 1. The lowest BCUT2D eigenvalue weighted by Crippen LogP contribution is -2.46. The number of fused-ring (bicyclic) bond motifs is 6. The summed E-state index contributed by atoms with van der Waals surface area (Å²) in [5, 5.41) is 31.6. The first-order valence-corrected chi connectivity index (χ1v) is 22.0. The standard InChI is InChI=1S/C49H51N5O14/c1-62-20-21-63-22-23-64-24-25-65-45-26-43(53(58)59)44(54(60)61)27-46(45)66-31-47(55)50-19-18-32(52-49(57)68-30-42-39-16-8-4-12-35(39)36-13-5-9-17-40(36)42)28-51-48(56)67-29-41-37-14-6-2-10-33(37)34-11-3-7-15-38(34)41/h2-17,26-27,32,41-42H,18-25,28-31H2,1H3,(H,50,55)(H,51,56)(H,52,57).